The van der Waals surface area contributed by atoms with Gasteiger partial charge in [0.2, 0.25) is 0 Å². The summed E-state index contributed by atoms with van der Waals surface area (Å²) in [5, 5.41) is 0. The number of hydrogen-bond acceptors (Lipinski definition) is 4. The summed E-state index contributed by atoms with van der Waals surface area (Å²) >= 11 is 0. The Morgan fingerprint density at radius 3 is 1.87 bits per heavy atom. The van der Waals surface area contributed by atoms with Crippen LogP contribution < -0.4 is 19.9 Å². The van der Waals surface area contributed by atoms with E-state index in [-0.39, 0.29) is 30.7 Å². The molecule has 0 aliphatic carbocycles. The highest BCUT2D eigenvalue weighted by Gasteiger charge is 2.39. The molecule has 0 bridgehead atoms. The van der Waals surface area contributed by atoms with E-state index < -0.39 is 41.9 Å². The van der Waals surface area contributed by atoms with E-state index in [0.29, 0.717) is 25.5 Å². The van der Waals surface area contributed by atoms with Gasteiger partial charge in [-0.05, 0) is 43.7 Å². The highest BCUT2D eigenvalue weighted by molar-refractivity contribution is 5.52. The third-order valence-electron chi connectivity index (χ3n) is 4.32. The van der Waals surface area contributed by atoms with E-state index in [4.69, 9.17) is 5.73 Å². The molecule has 4 nitrogen and oxygen atoms in total. The van der Waals surface area contributed by atoms with Gasteiger partial charge in [-0.3, -0.25) is 0 Å². The van der Waals surface area contributed by atoms with Crippen molar-refractivity contribution in [1.82, 2.24) is 0 Å². The third-order valence-corrected chi connectivity index (χ3v) is 4.32. The summed E-state index contributed by atoms with van der Waals surface area (Å²) in [6.07, 6.45) is -15.2. The van der Waals surface area contributed by atoms with Gasteiger partial charge < -0.3 is 19.9 Å². The second kappa shape index (κ2) is 10.5. The van der Waals surface area contributed by atoms with Crippen molar-refractivity contribution < 1.29 is 53.7 Å². The molecule has 0 aliphatic rings. The molecule has 180 valence electrons. The van der Waals surface area contributed by atoms with E-state index in [0.717, 1.165) is 0 Å². The molecule has 13 heteroatoms. The highest BCUT2D eigenvalue weighted by atomic mass is 19.4. The largest absolute Gasteiger partial charge is 0.573 e. The summed E-state index contributed by atoms with van der Waals surface area (Å²) in [5.74, 6) is -4.15. The van der Waals surface area contributed by atoms with E-state index in [9.17, 15) is 39.5 Å². The number of halogens is 9. The fraction of sp³-hybridized carbons (Fsp3) is 0.667. The zero-order valence-corrected chi connectivity index (χ0v) is 16.5. The van der Waals surface area contributed by atoms with Gasteiger partial charge in [-0.2, -0.15) is 0 Å². The van der Waals surface area contributed by atoms with Crippen LogP contribution in [0.15, 0.2) is 12.1 Å². The van der Waals surface area contributed by atoms with E-state index in [2.05, 4.69) is 14.2 Å². The highest BCUT2D eigenvalue weighted by Crippen LogP contribution is 2.43. The van der Waals surface area contributed by atoms with Gasteiger partial charge in [-0.25, -0.2) is 0 Å². The molecule has 1 aromatic carbocycles. The first kappa shape index (κ1) is 27.0. The zero-order valence-electron chi connectivity index (χ0n) is 16.5. The number of ether oxygens (including phenoxy) is 3. The number of hydrogen-bond donors (Lipinski definition) is 1. The predicted octanol–water partition coefficient (Wildman–Crippen LogP) is 6.33. The van der Waals surface area contributed by atoms with Gasteiger partial charge in [0.1, 0.15) is 5.75 Å². The van der Waals surface area contributed by atoms with Crippen LogP contribution in [-0.2, 0) is 6.42 Å². The Morgan fingerprint density at radius 2 is 1.42 bits per heavy atom. The number of aryl methyl sites for hydroxylation is 1. The van der Waals surface area contributed by atoms with Crippen molar-refractivity contribution in [3.8, 4) is 17.2 Å². The van der Waals surface area contributed by atoms with Gasteiger partial charge in [0, 0.05) is 11.6 Å². The molecule has 2 unspecified atom stereocenters. The van der Waals surface area contributed by atoms with Crippen LogP contribution in [0, 0.1) is 11.8 Å². The molecule has 31 heavy (non-hydrogen) atoms. The SMILES string of the molecule is CCC(CCc1cc(OC(F)(F)F)cc(OC(F)(F)F)c1OC(F)(F)F)CC(C)CN. The molecule has 1 aromatic rings. The van der Waals surface area contributed by atoms with Crippen LogP contribution >= 0.6 is 0 Å². The first-order valence-electron chi connectivity index (χ1n) is 9.17. The zero-order chi connectivity index (χ0) is 24.0. The van der Waals surface area contributed by atoms with Crippen LogP contribution in [-0.4, -0.2) is 25.6 Å². The molecule has 0 saturated heterocycles. The monoisotopic (exact) mass is 471 g/mol. The molecule has 0 saturated carbocycles. The van der Waals surface area contributed by atoms with Gasteiger partial charge in [-0.1, -0.05) is 20.3 Å². The van der Waals surface area contributed by atoms with E-state index in [1.54, 1.807) is 6.92 Å². The summed E-state index contributed by atoms with van der Waals surface area (Å²) < 4.78 is 125. The lowest BCUT2D eigenvalue weighted by Crippen LogP contribution is -2.23. The summed E-state index contributed by atoms with van der Waals surface area (Å²) in [6, 6.07) is 0.593. The predicted molar refractivity (Wildman–Crippen MR) is 91.4 cm³/mol. The minimum absolute atomic E-state index is 0.0410. The standard InChI is InChI=1S/C18H22F9NO3/c1-3-11(6-10(2)9-28)4-5-12-7-13(29-16(19,20)21)8-14(30-17(22,23)24)15(12)31-18(25,26)27/h7-8,10-11H,3-6,9,28H2,1-2H3. The quantitative estimate of drug-likeness (QED) is 0.406. The van der Waals surface area contributed by atoms with E-state index in [1.165, 1.54) is 0 Å². The normalized spacial score (nSPS) is 14.8. The maximum absolute atomic E-state index is 12.8. The Kier molecular flexibility index (Phi) is 9.15. The van der Waals surface area contributed by atoms with Crippen LogP contribution in [0.3, 0.4) is 0 Å². The van der Waals surface area contributed by atoms with E-state index in [1.807, 2.05) is 6.92 Å². The second-order valence-corrected chi connectivity index (χ2v) is 6.94. The van der Waals surface area contributed by atoms with Crippen molar-refractivity contribution in [1.29, 1.82) is 0 Å². The average molecular weight is 471 g/mol. The van der Waals surface area contributed by atoms with Gasteiger partial charge in [0.25, 0.3) is 0 Å². The van der Waals surface area contributed by atoms with Crippen molar-refractivity contribution in [3.63, 3.8) is 0 Å². The minimum atomic E-state index is -5.49. The van der Waals surface area contributed by atoms with Crippen LogP contribution in [0.2, 0.25) is 0 Å². The van der Waals surface area contributed by atoms with Crippen molar-refractivity contribution in [3.05, 3.63) is 17.7 Å². The Hall–Kier alpha value is -2.05. The molecule has 0 amide bonds. The van der Waals surface area contributed by atoms with Gasteiger partial charge >= 0.3 is 19.1 Å². The molecular formula is C18H22F9NO3. The first-order chi connectivity index (χ1) is 14.0. The summed E-state index contributed by atoms with van der Waals surface area (Å²) in [5.41, 5.74) is 4.97. The van der Waals surface area contributed by atoms with Crippen molar-refractivity contribution in [2.45, 2.75) is 58.6 Å². The summed E-state index contributed by atoms with van der Waals surface area (Å²) in [6.45, 7) is 3.98. The second-order valence-electron chi connectivity index (χ2n) is 6.94. The van der Waals surface area contributed by atoms with Gasteiger partial charge in [0.05, 0.1) is 0 Å². The molecule has 0 aliphatic heterocycles. The van der Waals surface area contributed by atoms with Crippen molar-refractivity contribution in [2.75, 3.05) is 6.54 Å². The molecule has 0 heterocycles. The van der Waals surface area contributed by atoms with Crippen molar-refractivity contribution in [2.24, 2.45) is 17.6 Å². The van der Waals surface area contributed by atoms with E-state index >= 15 is 0 Å². The molecule has 2 atom stereocenters. The van der Waals surface area contributed by atoms with Crippen molar-refractivity contribution >= 4 is 0 Å². The molecule has 2 N–H and O–H groups in total. The summed E-state index contributed by atoms with van der Waals surface area (Å²) in [4.78, 5) is 0. The lowest BCUT2D eigenvalue weighted by molar-refractivity contribution is -0.288. The molecule has 0 aromatic heterocycles. The fourth-order valence-electron chi connectivity index (χ4n) is 2.96. The van der Waals surface area contributed by atoms with Crippen LogP contribution in [0.4, 0.5) is 39.5 Å². The molecule has 0 fully saturated rings. The third kappa shape index (κ3) is 10.7. The van der Waals surface area contributed by atoms with Crippen LogP contribution in [0.25, 0.3) is 0 Å². The number of rotatable bonds is 10. The number of benzene rings is 1. The first-order valence-corrected chi connectivity index (χ1v) is 9.17. The lowest BCUT2D eigenvalue weighted by atomic mass is 9.88. The van der Waals surface area contributed by atoms with Gasteiger partial charge in [-0.15, -0.1) is 39.5 Å². The maximum atomic E-state index is 12.8. The maximum Gasteiger partial charge on any atom is 0.573 e. The fourth-order valence-corrected chi connectivity index (χ4v) is 2.96. The van der Waals surface area contributed by atoms with Crippen LogP contribution in [0.1, 0.15) is 38.7 Å². The average Bonchev–Trinajstić information content (AvgIpc) is 2.57. The smallest absolute Gasteiger partial charge is 0.406 e. The molecule has 0 spiro atoms. The lowest BCUT2D eigenvalue weighted by Gasteiger charge is -2.22. The number of nitrogens with two attached hydrogens (primary N) is 1. The Bertz CT molecular complexity index is 702. The Labute approximate surface area is 172 Å². The minimum Gasteiger partial charge on any atom is -0.406 e. The Morgan fingerprint density at radius 1 is 0.871 bits per heavy atom. The Balaban J connectivity index is 3.40. The van der Waals surface area contributed by atoms with Crippen LogP contribution in [0.5, 0.6) is 17.2 Å². The molecule has 1 rings (SSSR count). The summed E-state index contributed by atoms with van der Waals surface area (Å²) in [7, 11) is 0. The van der Waals surface area contributed by atoms with Gasteiger partial charge in [0.15, 0.2) is 11.5 Å². The topological polar surface area (TPSA) is 53.7 Å². The molecule has 0 radical (unpaired) electrons. The molecular weight excluding hydrogens is 449 g/mol. The number of alkyl halides is 9.